The molecule has 1 aromatic heterocycles. The summed E-state index contributed by atoms with van der Waals surface area (Å²) in [6.45, 7) is 3.60. The first-order valence-corrected chi connectivity index (χ1v) is 11.0. The zero-order chi connectivity index (χ0) is 22.2. The van der Waals surface area contributed by atoms with Crippen LogP contribution in [0.15, 0.2) is 39.6 Å². The lowest BCUT2D eigenvalue weighted by Crippen LogP contribution is -2.36. The highest BCUT2D eigenvalue weighted by molar-refractivity contribution is 8.00. The fourth-order valence-electron chi connectivity index (χ4n) is 3.41. The van der Waals surface area contributed by atoms with Crippen molar-refractivity contribution in [3.05, 3.63) is 41.9 Å². The Hall–Kier alpha value is -2.65. The summed E-state index contributed by atoms with van der Waals surface area (Å²) in [6.07, 6.45) is 0.886. The Morgan fingerprint density at radius 1 is 1.00 bits per heavy atom. The second kappa shape index (κ2) is 11.1. The molecule has 1 aliphatic heterocycles. The van der Waals surface area contributed by atoms with Crippen LogP contribution in [-0.2, 0) is 16.1 Å². The van der Waals surface area contributed by atoms with Crippen molar-refractivity contribution in [3.63, 3.8) is 0 Å². The van der Waals surface area contributed by atoms with Crippen molar-refractivity contribution >= 4 is 23.6 Å². The fourth-order valence-corrected chi connectivity index (χ4v) is 4.24. The average Bonchev–Trinajstić information content (AvgIpc) is 3.14. The third-order valence-corrected chi connectivity index (χ3v) is 6.06. The topological polar surface area (TPSA) is 81.5 Å². The Morgan fingerprint density at radius 2 is 1.81 bits per heavy atom. The van der Waals surface area contributed by atoms with Gasteiger partial charge >= 0.3 is 5.97 Å². The van der Waals surface area contributed by atoms with Crippen molar-refractivity contribution in [2.24, 2.45) is 0 Å². The van der Waals surface area contributed by atoms with Gasteiger partial charge in [-0.3, -0.25) is 9.69 Å². The molecule has 31 heavy (non-hydrogen) atoms. The van der Waals surface area contributed by atoms with Crippen LogP contribution in [0.1, 0.15) is 22.7 Å². The number of hydrogen-bond donors (Lipinski definition) is 0. The fraction of sp³-hybridized carbons (Fsp3) is 0.455. The van der Waals surface area contributed by atoms with Crippen LogP contribution in [0.25, 0.3) is 0 Å². The van der Waals surface area contributed by atoms with Crippen molar-refractivity contribution in [2.45, 2.75) is 17.9 Å². The van der Waals surface area contributed by atoms with Gasteiger partial charge in [-0.2, -0.15) is 0 Å². The molecule has 168 valence electrons. The van der Waals surface area contributed by atoms with E-state index in [0.717, 1.165) is 31.0 Å². The van der Waals surface area contributed by atoms with Gasteiger partial charge < -0.3 is 23.5 Å². The number of benzene rings is 1. The van der Waals surface area contributed by atoms with E-state index in [1.807, 2.05) is 23.1 Å². The number of ether oxygens (including phenoxy) is 3. The first-order chi connectivity index (χ1) is 15.0. The van der Waals surface area contributed by atoms with Gasteiger partial charge in [-0.25, -0.2) is 4.79 Å². The van der Waals surface area contributed by atoms with E-state index in [0.29, 0.717) is 36.1 Å². The number of thioether (sulfide) groups is 1. The molecule has 1 fully saturated rings. The van der Waals surface area contributed by atoms with Gasteiger partial charge in [0.15, 0.2) is 11.5 Å². The zero-order valence-corrected chi connectivity index (χ0v) is 18.9. The first kappa shape index (κ1) is 23.0. The summed E-state index contributed by atoms with van der Waals surface area (Å²) in [5.74, 6) is 2.24. The molecular formula is C22H28N2O6S. The molecular weight excluding hydrogens is 420 g/mol. The number of rotatable bonds is 8. The predicted molar refractivity (Wildman–Crippen MR) is 117 cm³/mol. The summed E-state index contributed by atoms with van der Waals surface area (Å²) < 4.78 is 20.8. The third-order valence-electron chi connectivity index (χ3n) is 5.09. The summed E-state index contributed by atoms with van der Waals surface area (Å²) >= 11 is 1.49. The standard InChI is InChI=1S/C22H28N2O6S/c1-27-18-8-6-17(13-20(18)28-2)31-15-21(25)24-10-4-9-23(11-12-24)14-16-5-7-19(30-16)22(26)29-3/h5-8,13H,4,9-12,14-15H2,1-3H3. The number of carbonyl (C=O) groups is 2. The van der Waals surface area contributed by atoms with E-state index < -0.39 is 5.97 Å². The van der Waals surface area contributed by atoms with Crippen molar-refractivity contribution in [2.75, 3.05) is 53.3 Å². The van der Waals surface area contributed by atoms with Crippen LogP contribution in [0.4, 0.5) is 0 Å². The Bertz CT molecular complexity index is 900. The second-order valence-corrected chi connectivity index (χ2v) is 8.12. The molecule has 0 unspecified atom stereocenters. The highest BCUT2D eigenvalue weighted by Crippen LogP contribution is 2.32. The molecule has 0 atom stereocenters. The molecule has 2 heterocycles. The maximum atomic E-state index is 12.7. The molecule has 0 aliphatic carbocycles. The van der Waals surface area contributed by atoms with Gasteiger partial charge in [0.05, 0.1) is 33.6 Å². The van der Waals surface area contributed by atoms with Crippen molar-refractivity contribution in [3.8, 4) is 11.5 Å². The Labute approximate surface area is 186 Å². The molecule has 0 spiro atoms. The minimum atomic E-state index is -0.481. The molecule has 1 amide bonds. The number of amides is 1. The summed E-state index contributed by atoms with van der Waals surface area (Å²) in [5.41, 5.74) is 0. The molecule has 0 N–H and O–H groups in total. The quantitative estimate of drug-likeness (QED) is 0.450. The van der Waals surface area contributed by atoms with Crippen LogP contribution < -0.4 is 9.47 Å². The smallest absolute Gasteiger partial charge is 0.373 e. The van der Waals surface area contributed by atoms with Crippen molar-refractivity contribution in [1.82, 2.24) is 9.80 Å². The molecule has 0 saturated carbocycles. The van der Waals surface area contributed by atoms with E-state index in [2.05, 4.69) is 9.64 Å². The van der Waals surface area contributed by atoms with Crippen LogP contribution in [0, 0.1) is 0 Å². The van der Waals surface area contributed by atoms with E-state index in [-0.39, 0.29) is 11.7 Å². The number of methoxy groups -OCH3 is 3. The van der Waals surface area contributed by atoms with Crippen LogP contribution in [0.3, 0.4) is 0 Å². The second-order valence-electron chi connectivity index (χ2n) is 7.07. The normalized spacial score (nSPS) is 14.7. The van der Waals surface area contributed by atoms with Gasteiger partial charge in [0.2, 0.25) is 11.7 Å². The largest absolute Gasteiger partial charge is 0.493 e. The van der Waals surface area contributed by atoms with E-state index in [1.165, 1.54) is 18.9 Å². The lowest BCUT2D eigenvalue weighted by molar-refractivity contribution is -0.128. The highest BCUT2D eigenvalue weighted by atomic mass is 32.2. The lowest BCUT2D eigenvalue weighted by Gasteiger charge is -2.21. The summed E-state index contributed by atoms with van der Waals surface area (Å²) in [5, 5.41) is 0. The van der Waals surface area contributed by atoms with Crippen LogP contribution in [0.2, 0.25) is 0 Å². The first-order valence-electron chi connectivity index (χ1n) is 10.1. The molecule has 0 radical (unpaired) electrons. The third kappa shape index (κ3) is 6.18. The van der Waals surface area contributed by atoms with Gasteiger partial charge in [-0.15, -0.1) is 11.8 Å². The molecule has 1 aliphatic rings. The van der Waals surface area contributed by atoms with E-state index >= 15 is 0 Å². The van der Waals surface area contributed by atoms with E-state index in [1.54, 1.807) is 26.4 Å². The number of nitrogens with zero attached hydrogens (tertiary/aromatic N) is 2. The van der Waals surface area contributed by atoms with Gasteiger partial charge in [0.25, 0.3) is 0 Å². The highest BCUT2D eigenvalue weighted by Gasteiger charge is 2.21. The Balaban J connectivity index is 1.49. The monoisotopic (exact) mass is 448 g/mol. The van der Waals surface area contributed by atoms with Gasteiger partial charge in [0.1, 0.15) is 5.76 Å². The van der Waals surface area contributed by atoms with E-state index in [4.69, 9.17) is 13.9 Å². The molecule has 1 aromatic carbocycles. The van der Waals surface area contributed by atoms with Crippen molar-refractivity contribution < 1.29 is 28.2 Å². The minimum absolute atomic E-state index is 0.118. The summed E-state index contributed by atoms with van der Waals surface area (Å²) in [7, 11) is 4.52. The predicted octanol–water partition coefficient (Wildman–Crippen LogP) is 2.91. The number of hydrogen-bond acceptors (Lipinski definition) is 8. The number of furan rings is 1. The van der Waals surface area contributed by atoms with Gasteiger partial charge in [-0.05, 0) is 36.8 Å². The Morgan fingerprint density at radius 3 is 2.55 bits per heavy atom. The van der Waals surface area contributed by atoms with Crippen LogP contribution in [0.5, 0.6) is 11.5 Å². The molecule has 9 heteroatoms. The maximum Gasteiger partial charge on any atom is 0.373 e. The van der Waals surface area contributed by atoms with Crippen LogP contribution >= 0.6 is 11.8 Å². The Kier molecular flexibility index (Phi) is 8.25. The molecule has 1 saturated heterocycles. The van der Waals surface area contributed by atoms with Gasteiger partial charge in [0, 0.05) is 31.1 Å². The summed E-state index contributed by atoms with van der Waals surface area (Å²) in [6, 6.07) is 9.07. The average molecular weight is 449 g/mol. The lowest BCUT2D eigenvalue weighted by atomic mass is 10.3. The number of carbonyl (C=O) groups excluding carboxylic acids is 2. The molecule has 2 aromatic rings. The van der Waals surface area contributed by atoms with E-state index in [9.17, 15) is 9.59 Å². The number of esters is 1. The SMILES string of the molecule is COC(=O)c1ccc(CN2CCCN(C(=O)CSc3ccc(OC)c(OC)c3)CC2)o1. The van der Waals surface area contributed by atoms with Gasteiger partial charge in [-0.1, -0.05) is 0 Å². The molecule has 3 rings (SSSR count). The van der Waals surface area contributed by atoms with Crippen molar-refractivity contribution in [1.29, 1.82) is 0 Å². The maximum absolute atomic E-state index is 12.7. The zero-order valence-electron chi connectivity index (χ0n) is 18.1. The van der Waals surface area contributed by atoms with Crippen LogP contribution in [-0.4, -0.2) is 74.9 Å². The summed E-state index contributed by atoms with van der Waals surface area (Å²) in [4.78, 5) is 29.4. The minimum Gasteiger partial charge on any atom is -0.493 e. The molecule has 0 bridgehead atoms. The molecule has 8 nitrogen and oxygen atoms in total.